The Hall–Kier alpha value is -6.08. The molecule has 8 aromatic heterocycles. The van der Waals surface area contributed by atoms with Crippen LogP contribution in [-0.4, -0.2) is 114 Å². The normalized spacial score (nSPS) is 20.2. The topological polar surface area (TPSA) is 213 Å². The van der Waals surface area contributed by atoms with Crippen molar-refractivity contribution in [1.82, 2.24) is 68.3 Å². The molecule has 8 aromatic rings. The van der Waals surface area contributed by atoms with Crippen LogP contribution in [0.15, 0.2) is 86.5 Å². The van der Waals surface area contributed by atoms with Crippen molar-refractivity contribution in [2.24, 2.45) is 11.8 Å². The molecular weight excluding hydrogens is 765 g/mol. The van der Waals surface area contributed by atoms with E-state index in [1.165, 1.54) is 25.7 Å². The van der Waals surface area contributed by atoms with Crippen LogP contribution in [0.25, 0.3) is 56.1 Å². The zero-order valence-corrected chi connectivity index (χ0v) is 33.7. The zero-order chi connectivity index (χ0) is 41.3. The summed E-state index contributed by atoms with van der Waals surface area (Å²) in [6, 6.07) is 4.78. The molecule has 18 heteroatoms. The molecular formula is C42H50N14O4. The Balaban J connectivity index is 0.000000154. The number of aliphatic hydroxyl groups excluding tert-OH is 4. The Labute approximate surface area is 345 Å². The summed E-state index contributed by atoms with van der Waals surface area (Å²) < 4.78 is 11.0. The Morgan fingerprint density at radius 3 is 1.38 bits per heavy atom. The number of aromatic nitrogens is 14. The van der Waals surface area contributed by atoms with Crippen LogP contribution in [0.2, 0.25) is 0 Å². The van der Waals surface area contributed by atoms with Crippen molar-refractivity contribution in [2.45, 2.75) is 89.8 Å². The van der Waals surface area contributed by atoms with Gasteiger partial charge in [0, 0.05) is 47.0 Å². The third-order valence-corrected chi connectivity index (χ3v) is 11.9. The predicted molar refractivity (Wildman–Crippen MR) is 221 cm³/mol. The summed E-state index contributed by atoms with van der Waals surface area (Å²) in [7, 11) is 0. The van der Waals surface area contributed by atoms with Crippen LogP contribution in [0.3, 0.4) is 0 Å². The van der Waals surface area contributed by atoms with E-state index in [0.717, 1.165) is 68.9 Å². The van der Waals surface area contributed by atoms with Crippen LogP contribution in [0.5, 0.6) is 0 Å². The van der Waals surface area contributed by atoms with Gasteiger partial charge in [0.1, 0.15) is 0 Å². The molecule has 312 valence electrons. The predicted octanol–water partition coefficient (Wildman–Crippen LogP) is 4.34. The summed E-state index contributed by atoms with van der Waals surface area (Å²) in [6.07, 6.45) is 27.8. The number of hydrogen-bond donors (Lipinski definition) is 4. The van der Waals surface area contributed by atoms with Crippen LogP contribution in [0.1, 0.15) is 64.5 Å². The van der Waals surface area contributed by atoms with E-state index in [9.17, 15) is 10.2 Å². The summed E-state index contributed by atoms with van der Waals surface area (Å²) in [6.45, 7) is 4.41. The molecule has 2 saturated carbocycles. The van der Waals surface area contributed by atoms with Crippen LogP contribution in [0, 0.1) is 11.8 Å². The average Bonchev–Trinajstić information content (AvgIpc) is 4.09. The summed E-state index contributed by atoms with van der Waals surface area (Å²) >= 11 is 0. The van der Waals surface area contributed by atoms with Gasteiger partial charge in [-0.3, -0.25) is 18.7 Å². The van der Waals surface area contributed by atoms with Crippen molar-refractivity contribution in [1.29, 1.82) is 0 Å². The fourth-order valence-corrected chi connectivity index (χ4v) is 8.62. The first-order valence-electron chi connectivity index (χ1n) is 20.7. The van der Waals surface area contributed by atoms with Gasteiger partial charge in [-0.15, -0.1) is 0 Å². The summed E-state index contributed by atoms with van der Waals surface area (Å²) in [5, 5.41) is 64.1. The minimum Gasteiger partial charge on any atom is -0.394 e. The van der Waals surface area contributed by atoms with Crippen LogP contribution in [-0.2, 0) is 13.1 Å². The van der Waals surface area contributed by atoms with Crippen LogP contribution < -0.4 is 0 Å². The molecule has 0 amide bonds. The van der Waals surface area contributed by atoms with Crippen molar-refractivity contribution >= 4 is 11.0 Å². The van der Waals surface area contributed by atoms with E-state index in [0.29, 0.717) is 23.9 Å². The molecule has 2 aliphatic carbocycles. The molecule has 0 bridgehead atoms. The van der Waals surface area contributed by atoms with Gasteiger partial charge < -0.3 is 20.4 Å². The van der Waals surface area contributed by atoms with Crippen molar-refractivity contribution in [2.75, 3.05) is 13.2 Å². The SMILES string of the molecule is C[C@@H]1CCC[C@@H]1n1cc(-c2nc(-c3cnn(C[C@@H](O)CO)c3)cn3nccc23)cn1.C[C@H]1CCC[C@H]1n1cc(-c2nc(-c3cnn(C[C@@H](O)CO)c3)cn3nccc23)cn1. The van der Waals surface area contributed by atoms with Gasteiger partial charge in [-0.1, -0.05) is 26.7 Å². The molecule has 6 atom stereocenters. The van der Waals surface area contributed by atoms with Gasteiger partial charge in [0.05, 0.1) is 134 Å². The molecule has 0 unspecified atom stereocenters. The van der Waals surface area contributed by atoms with E-state index in [1.54, 1.807) is 34.2 Å². The fourth-order valence-electron chi connectivity index (χ4n) is 8.62. The second-order valence-electron chi connectivity index (χ2n) is 16.2. The molecule has 2 aliphatic rings. The third-order valence-electron chi connectivity index (χ3n) is 11.9. The van der Waals surface area contributed by atoms with Crippen molar-refractivity contribution in [3.63, 3.8) is 0 Å². The lowest BCUT2D eigenvalue weighted by Gasteiger charge is -2.15. The minimum atomic E-state index is -0.848. The van der Waals surface area contributed by atoms with Gasteiger partial charge in [0.2, 0.25) is 0 Å². The first-order valence-corrected chi connectivity index (χ1v) is 20.7. The number of aliphatic hydroxyl groups is 4. The summed E-state index contributed by atoms with van der Waals surface area (Å²) in [4.78, 5) is 9.81. The first-order chi connectivity index (χ1) is 29.2. The van der Waals surface area contributed by atoms with Crippen molar-refractivity contribution in [3.05, 3.63) is 86.5 Å². The smallest absolute Gasteiger partial charge is 0.0999 e. The highest BCUT2D eigenvalue weighted by Crippen LogP contribution is 2.37. The average molecular weight is 815 g/mol. The molecule has 4 N–H and O–H groups in total. The molecule has 0 aliphatic heterocycles. The fraction of sp³-hybridized carbons (Fsp3) is 0.429. The summed E-state index contributed by atoms with van der Waals surface area (Å²) in [5.41, 5.74) is 8.50. The van der Waals surface area contributed by atoms with E-state index in [-0.39, 0.29) is 26.3 Å². The van der Waals surface area contributed by atoms with Gasteiger partial charge in [-0.05, 0) is 49.7 Å². The largest absolute Gasteiger partial charge is 0.394 e. The Morgan fingerprint density at radius 2 is 0.983 bits per heavy atom. The maximum atomic E-state index is 9.66. The third kappa shape index (κ3) is 7.98. The van der Waals surface area contributed by atoms with Crippen LogP contribution >= 0.6 is 0 Å². The van der Waals surface area contributed by atoms with E-state index in [2.05, 4.69) is 66.2 Å². The monoisotopic (exact) mass is 814 g/mol. The molecule has 0 spiro atoms. The first kappa shape index (κ1) is 39.4. The number of hydrogen-bond acceptors (Lipinski definition) is 12. The number of fused-ring (bicyclic) bond motifs is 2. The second-order valence-corrected chi connectivity index (χ2v) is 16.2. The zero-order valence-electron chi connectivity index (χ0n) is 33.7. The Morgan fingerprint density at radius 1 is 0.550 bits per heavy atom. The lowest BCUT2D eigenvalue weighted by molar-refractivity contribution is 0.0782. The maximum absolute atomic E-state index is 9.66. The highest BCUT2D eigenvalue weighted by atomic mass is 16.3. The van der Waals surface area contributed by atoms with Crippen molar-refractivity contribution < 1.29 is 20.4 Å². The lowest BCUT2D eigenvalue weighted by atomic mass is 10.1. The number of nitrogens with zero attached hydrogens (tertiary/aromatic N) is 14. The quantitative estimate of drug-likeness (QED) is 0.136. The van der Waals surface area contributed by atoms with E-state index in [1.807, 2.05) is 58.3 Å². The maximum Gasteiger partial charge on any atom is 0.0999 e. The minimum absolute atomic E-state index is 0.222. The molecule has 18 nitrogen and oxygen atoms in total. The van der Waals surface area contributed by atoms with Crippen molar-refractivity contribution in [3.8, 4) is 45.0 Å². The highest BCUT2D eigenvalue weighted by molar-refractivity contribution is 5.79. The van der Waals surface area contributed by atoms with Gasteiger partial charge in [0.15, 0.2) is 0 Å². The van der Waals surface area contributed by atoms with Gasteiger partial charge in [0.25, 0.3) is 0 Å². The second kappa shape index (κ2) is 16.9. The van der Waals surface area contributed by atoms with E-state index in [4.69, 9.17) is 20.2 Å². The molecule has 0 aromatic carbocycles. The Kier molecular flexibility index (Phi) is 11.1. The molecule has 0 radical (unpaired) electrons. The molecule has 8 heterocycles. The van der Waals surface area contributed by atoms with Gasteiger partial charge in [-0.25, -0.2) is 19.0 Å². The van der Waals surface area contributed by atoms with E-state index < -0.39 is 12.2 Å². The number of rotatable bonds is 12. The van der Waals surface area contributed by atoms with Crippen LogP contribution in [0.4, 0.5) is 0 Å². The molecule has 10 rings (SSSR count). The van der Waals surface area contributed by atoms with Gasteiger partial charge in [-0.2, -0.15) is 30.6 Å². The van der Waals surface area contributed by atoms with E-state index >= 15 is 0 Å². The lowest BCUT2D eigenvalue weighted by Crippen LogP contribution is -2.19. The van der Waals surface area contributed by atoms with Gasteiger partial charge >= 0.3 is 0 Å². The highest BCUT2D eigenvalue weighted by Gasteiger charge is 2.27. The molecule has 60 heavy (non-hydrogen) atoms. The Bertz CT molecular complexity index is 2510. The molecule has 0 saturated heterocycles. The summed E-state index contributed by atoms with van der Waals surface area (Å²) in [5.74, 6) is 1.26. The molecule has 2 fully saturated rings. The standard InChI is InChI=1S/2C21H25N7O2/c2*1-14-3-2-4-19(14)27-10-16(8-24-27)21-20-5-6-22-28(20)12-18(25-21)15-7-23-26(9-15)11-17(30)13-29/h2*5-10,12,14,17,19,29-30H,2-4,11,13H2,1H3/t14-,17+,19+;14-,17-,19+/m01/s1.